The largest absolute Gasteiger partial charge is 0.360 e. The Morgan fingerprint density at radius 3 is 3.06 bits per heavy atom. The van der Waals surface area contributed by atoms with Crippen LogP contribution in [-0.2, 0) is 6.54 Å². The van der Waals surface area contributed by atoms with Gasteiger partial charge < -0.3 is 5.32 Å². The minimum absolute atomic E-state index is 0.886. The quantitative estimate of drug-likeness (QED) is 0.870. The molecule has 0 fully saturated rings. The van der Waals surface area contributed by atoms with Crippen molar-refractivity contribution in [3.8, 4) is 0 Å². The fraction of sp³-hybridized carbons (Fsp3) is 0.267. The highest BCUT2D eigenvalue weighted by Crippen LogP contribution is 2.25. The summed E-state index contributed by atoms with van der Waals surface area (Å²) in [6, 6.07) is 8.31. The molecule has 3 heteroatoms. The van der Waals surface area contributed by atoms with Crippen LogP contribution < -0.4 is 5.32 Å². The van der Waals surface area contributed by atoms with E-state index in [0.29, 0.717) is 0 Å². The monoisotopic (exact) mass is 256 g/mol. The van der Waals surface area contributed by atoms with Crippen molar-refractivity contribution >= 4 is 22.6 Å². The molecule has 1 aliphatic heterocycles. The van der Waals surface area contributed by atoms with Gasteiger partial charge in [-0.1, -0.05) is 48.2 Å². The molecule has 0 spiro atoms. The summed E-state index contributed by atoms with van der Waals surface area (Å²) >= 11 is 1.79. The summed E-state index contributed by atoms with van der Waals surface area (Å²) in [5.41, 5.74) is 3.79. The smallest absolute Gasteiger partial charge is 0.162 e. The average Bonchev–Trinajstić information content (AvgIpc) is 2.46. The van der Waals surface area contributed by atoms with Crippen molar-refractivity contribution in [2.24, 2.45) is 4.99 Å². The van der Waals surface area contributed by atoms with E-state index in [9.17, 15) is 0 Å². The lowest BCUT2D eigenvalue weighted by Crippen LogP contribution is -2.23. The van der Waals surface area contributed by atoms with Gasteiger partial charge in [-0.15, -0.1) is 0 Å². The molecule has 3 rings (SSSR count). The molecule has 0 radical (unpaired) electrons. The number of amidine groups is 1. The number of hydrogen-bond donors (Lipinski definition) is 1. The molecule has 92 valence electrons. The first-order valence-electron chi connectivity index (χ1n) is 6.31. The van der Waals surface area contributed by atoms with Gasteiger partial charge in [0.2, 0.25) is 0 Å². The van der Waals surface area contributed by atoms with Gasteiger partial charge in [0.15, 0.2) is 5.17 Å². The molecule has 2 aliphatic rings. The van der Waals surface area contributed by atoms with Crippen molar-refractivity contribution in [2.45, 2.75) is 19.4 Å². The fourth-order valence-corrected chi connectivity index (χ4v) is 2.95. The van der Waals surface area contributed by atoms with E-state index in [2.05, 4.69) is 46.7 Å². The van der Waals surface area contributed by atoms with Crippen molar-refractivity contribution < 1.29 is 0 Å². The molecule has 0 bridgehead atoms. The normalized spacial score (nSPS) is 17.6. The first-order valence-corrected chi connectivity index (χ1v) is 7.29. The van der Waals surface area contributed by atoms with Crippen LogP contribution in [0.5, 0.6) is 0 Å². The third-order valence-electron chi connectivity index (χ3n) is 3.09. The topological polar surface area (TPSA) is 24.4 Å². The van der Waals surface area contributed by atoms with E-state index in [1.807, 2.05) is 6.07 Å². The molecule has 0 amide bonds. The van der Waals surface area contributed by atoms with Gasteiger partial charge in [0.25, 0.3) is 0 Å². The highest BCUT2D eigenvalue weighted by atomic mass is 32.2. The van der Waals surface area contributed by atoms with Crippen LogP contribution in [0.3, 0.4) is 0 Å². The van der Waals surface area contributed by atoms with Gasteiger partial charge in [0.05, 0.1) is 5.69 Å². The molecular formula is C15H16N2S. The molecule has 18 heavy (non-hydrogen) atoms. The van der Waals surface area contributed by atoms with Gasteiger partial charge in [-0.3, -0.25) is 0 Å². The maximum atomic E-state index is 4.65. The highest BCUT2D eigenvalue weighted by molar-refractivity contribution is 8.14. The van der Waals surface area contributed by atoms with Gasteiger partial charge >= 0.3 is 0 Å². The van der Waals surface area contributed by atoms with E-state index in [-0.39, 0.29) is 0 Å². The van der Waals surface area contributed by atoms with Crippen LogP contribution in [-0.4, -0.2) is 10.9 Å². The summed E-state index contributed by atoms with van der Waals surface area (Å²) in [5, 5.41) is 4.41. The molecule has 1 heterocycles. The molecule has 0 unspecified atom stereocenters. The van der Waals surface area contributed by atoms with Gasteiger partial charge in [0, 0.05) is 12.3 Å². The molecular weight excluding hydrogens is 240 g/mol. The average molecular weight is 256 g/mol. The summed E-state index contributed by atoms with van der Waals surface area (Å²) in [4.78, 5) is 4.65. The van der Waals surface area contributed by atoms with E-state index in [4.69, 9.17) is 0 Å². The van der Waals surface area contributed by atoms with Crippen LogP contribution in [0.4, 0.5) is 5.69 Å². The molecule has 0 saturated carbocycles. The number of nitrogens with one attached hydrogen (secondary N) is 1. The van der Waals surface area contributed by atoms with Gasteiger partial charge in [0.1, 0.15) is 0 Å². The zero-order valence-electron chi connectivity index (χ0n) is 10.2. The minimum Gasteiger partial charge on any atom is -0.360 e. The van der Waals surface area contributed by atoms with E-state index in [0.717, 1.165) is 23.2 Å². The third kappa shape index (κ3) is 2.67. The van der Waals surface area contributed by atoms with Gasteiger partial charge in [-0.25, -0.2) is 4.99 Å². The lowest BCUT2D eigenvalue weighted by Gasteiger charge is -2.17. The van der Waals surface area contributed by atoms with Crippen molar-refractivity contribution in [3.05, 3.63) is 53.6 Å². The predicted octanol–water partition coefficient (Wildman–Crippen LogP) is 3.79. The Bertz CT molecular complexity index is 529. The number of rotatable bonds is 2. The van der Waals surface area contributed by atoms with Crippen LogP contribution >= 0.6 is 11.8 Å². The SMILES string of the molecule is C1=CC(CSC2=Nc3ccccc3CN2)=CCC1. The van der Waals surface area contributed by atoms with Crippen LogP contribution in [0.15, 0.2) is 53.1 Å². The van der Waals surface area contributed by atoms with E-state index in [1.165, 1.54) is 24.0 Å². The second-order valence-electron chi connectivity index (χ2n) is 4.45. The summed E-state index contributed by atoms with van der Waals surface area (Å²) < 4.78 is 0. The maximum Gasteiger partial charge on any atom is 0.162 e. The molecule has 2 nitrogen and oxygen atoms in total. The molecule has 1 aromatic rings. The summed E-state index contributed by atoms with van der Waals surface area (Å²) in [5.74, 6) is 1.00. The van der Waals surface area contributed by atoms with Gasteiger partial charge in [-0.2, -0.15) is 0 Å². The minimum atomic E-state index is 0.886. The number of para-hydroxylation sites is 1. The number of hydrogen-bond acceptors (Lipinski definition) is 3. The first-order chi connectivity index (χ1) is 8.92. The molecule has 1 N–H and O–H groups in total. The summed E-state index contributed by atoms with van der Waals surface area (Å²) in [7, 11) is 0. The first kappa shape index (κ1) is 11.6. The van der Waals surface area contributed by atoms with Crippen molar-refractivity contribution in [1.82, 2.24) is 5.32 Å². The number of aliphatic imine (C=N–C) groups is 1. The van der Waals surface area contributed by atoms with Crippen molar-refractivity contribution in [2.75, 3.05) is 5.75 Å². The predicted molar refractivity (Wildman–Crippen MR) is 79.3 cm³/mol. The highest BCUT2D eigenvalue weighted by Gasteiger charge is 2.11. The molecule has 0 aromatic heterocycles. The second-order valence-corrected chi connectivity index (χ2v) is 5.41. The van der Waals surface area contributed by atoms with Crippen LogP contribution in [0, 0.1) is 0 Å². The number of fused-ring (bicyclic) bond motifs is 1. The lowest BCUT2D eigenvalue weighted by atomic mass is 10.1. The Hall–Kier alpha value is -1.48. The lowest BCUT2D eigenvalue weighted by molar-refractivity contribution is 0.907. The number of benzene rings is 1. The number of thioether (sulfide) groups is 1. The van der Waals surface area contributed by atoms with E-state index >= 15 is 0 Å². The Morgan fingerprint density at radius 1 is 1.22 bits per heavy atom. The molecule has 0 saturated heterocycles. The van der Waals surface area contributed by atoms with E-state index < -0.39 is 0 Å². The summed E-state index contributed by atoms with van der Waals surface area (Å²) in [6.07, 6.45) is 9.16. The molecule has 1 aliphatic carbocycles. The number of allylic oxidation sites excluding steroid dienone is 3. The maximum absolute atomic E-state index is 4.65. The summed E-state index contributed by atoms with van der Waals surface area (Å²) in [6.45, 7) is 0.886. The van der Waals surface area contributed by atoms with E-state index in [1.54, 1.807) is 11.8 Å². The Labute approximate surface area is 112 Å². The Morgan fingerprint density at radius 2 is 2.17 bits per heavy atom. The number of nitrogens with zero attached hydrogens (tertiary/aromatic N) is 1. The van der Waals surface area contributed by atoms with Crippen LogP contribution in [0.25, 0.3) is 0 Å². The van der Waals surface area contributed by atoms with Crippen molar-refractivity contribution in [1.29, 1.82) is 0 Å². The zero-order valence-corrected chi connectivity index (χ0v) is 11.0. The standard InChI is InChI=1S/C15H16N2S/c1-2-6-12(7-3-1)11-18-15-16-10-13-8-4-5-9-14(13)17-15/h2,4-9H,1,3,10-11H2,(H,16,17). The second kappa shape index (κ2) is 5.44. The third-order valence-corrected chi connectivity index (χ3v) is 4.08. The van der Waals surface area contributed by atoms with Crippen LogP contribution in [0.1, 0.15) is 18.4 Å². The van der Waals surface area contributed by atoms with Crippen LogP contribution in [0.2, 0.25) is 0 Å². The Balaban J connectivity index is 1.66. The van der Waals surface area contributed by atoms with Gasteiger partial charge in [-0.05, 0) is 30.0 Å². The Kier molecular flexibility index (Phi) is 3.51. The fourth-order valence-electron chi connectivity index (χ4n) is 2.10. The molecule has 1 aromatic carbocycles. The zero-order chi connectivity index (χ0) is 12.2. The molecule has 0 atom stereocenters. The van der Waals surface area contributed by atoms with Crippen molar-refractivity contribution in [3.63, 3.8) is 0 Å².